The van der Waals surface area contributed by atoms with Crippen LogP contribution in [0.3, 0.4) is 0 Å². The predicted molar refractivity (Wildman–Crippen MR) is 103 cm³/mol. The normalized spacial score (nSPS) is 18.9. The molecule has 9 nitrogen and oxygen atoms in total. The molecule has 1 saturated heterocycles. The lowest BCUT2D eigenvalue weighted by Crippen LogP contribution is -2.57. The van der Waals surface area contributed by atoms with Gasteiger partial charge in [-0.15, -0.1) is 0 Å². The zero-order valence-electron chi connectivity index (χ0n) is 16.1. The molecule has 3 atom stereocenters. The Morgan fingerprint density at radius 1 is 1.30 bits per heavy atom. The highest BCUT2D eigenvalue weighted by molar-refractivity contribution is 7.98. The maximum absolute atomic E-state index is 13.0. The number of carbonyl (C=O) groups is 4. The van der Waals surface area contributed by atoms with Crippen LogP contribution in [0.5, 0.6) is 0 Å². The maximum Gasteiger partial charge on any atom is 0.322 e. The first-order valence-corrected chi connectivity index (χ1v) is 10.4. The largest absolute Gasteiger partial charge is 0.480 e. The number of rotatable bonds is 10. The van der Waals surface area contributed by atoms with Gasteiger partial charge in [0.2, 0.25) is 17.7 Å². The van der Waals surface area contributed by atoms with Gasteiger partial charge in [0.15, 0.2) is 0 Å². The van der Waals surface area contributed by atoms with Crippen molar-refractivity contribution in [1.29, 1.82) is 0 Å². The molecule has 10 heteroatoms. The number of carbonyl (C=O) groups excluding carboxylic acids is 3. The average molecular weight is 403 g/mol. The number of carboxylic acid groups (broad SMARTS) is 1. The monoisotopic (exact) mass is 402 g/mol. The lowest BCUT2D eigenvalue weighted by molar-refractivity contribution is -0.143. The van der Waals surface area contributed by atoms with Crippen molar-refractivity contribution in [3.05, 3.63) is 0 Å². The molecule has 1 heterocycles. The van der Waals surface area contributed by atoms with Gasteiger partial charge < -0.3 is 26.4 Å². The first-order chi connectivity index (χ1) is 12.7. The van der Waals surface area contributed by atoms with Gasteiger partial charge >= 0.3 is 5.97 Å². The smallest absolute Gasteiger partial charge is 0.322 e. The highest BCUT2D eigenvalue weighted by Gasteiger charge is 2.38. The van der Waals surface area contributed by atoms with Crippen LogP contribution in [0.4, 0.5) is 0 Å². The van der Waals surface area contributed by atoms with Gasteiger partial charge in [-0.05, 0) is 37.2 Å². The quantitative estimate of drug-likeness (QED) is 0.382. The molecule has 5 N–H and O–H groups in total. The van der Waals surface area contributed by atoms with Crippen LogP contribution in [0.1, 0.15) is 33.1 Å². The van der Waals surface area contributed by atoms with E-state index < -0.39 is 36.5 Å². The van der Waals surface area contributed by atoms with Gasteiger partial charge in [0.05, 0.1) is 6.04 Å². The summed E-state index contributed by atoms with van der Waals surface area (Å²) in [6, 6.07) is -2.20. The second-order valence-corrected chi connectivity index (χ2v) is 7.91. The molecule has 3 amide bonds. The van der Waals surface area contributed by atoms with Gasteiger partial charge in [-0.2, -0.15) is 11.8 Å². The molecule has 0 aromatic heterocycles. The molecule has 0 aliphatic carbocycles. The molecule has 1 aliphatic rings. The van der Waals surface area contributed by atoms with Gasteiger partial charge in [0.25, 0.3) is 0 Å². The Balaban J connectivity index is 2.79. The number of hydrogen-bond donors (Lipinski definition) is 4. The molecule has 154 valence electrons. The number of thioether (sulfide) groups is 1. The van der Waals surface area contributed by atoms with E-state index in [0.29, 0.717) is 25.8 Å². The Labute approximate surface area is 163 Å². The van der Waals surface area contributed by atoms with E-state index in [1.54, 1.807) is 11.8 Å². The summed E-state index contributed by atoms with van der Waals surface area (Å²) in [6.07, 6.45) is 3.54. The van der Waals surface area contributed by atoms with Crippen LogP contribution in [0, 0.1) is 5.92 Å². The number of likely N-dealkylation sites (tertiary alicyclic amines) is 1. The van der Waals surface area contributed by atoms with E-state index in [1.807, 2.05) is 20.1 Å². The van der Waals surface area contributed by atoms with Crippen molar-refractivity contribution in [1.82, 2.24) is 15.5 Å². The summed E-state index contributed by atoms with van der Waals surface area (Å²) >= 11 is 1.59. The number of nitrogens with two attached hydrogens (primary N) is 1. The van der Waals surface area contributed by atoms with Crippen molar-refractivity contribution >= 4 is 35.5 Å². The van der Waals surface area contributed by atoms with Crippen LogP contribution in [0.25, 0.3) is 0 Å². The summed E-state index contributed by atoms with van der Waals surface area (Å²) in [6.45, 7) is 3.52. The molecular weight excluding hydrogens is 372 g/mol. The van der Waals surface area contributed by atoms with Crippen molar-refractivity contribution in [2.75, 3.05) is 25.1 Å². The van der Waals surface area contributed by atoms with E-state index in [4.69, 9.17) is 10.8 Å². The van der Waals surface area contributed by atoms with Gasteiger partial charge in [-0.25, -0.2) is 0 Å². The Morgan fingerprint density at radius 2 is 1.96 bits per heavy atom. The maximum atomic E-state index is 13.0. The van der Waals surface area contributed by atoms with E-state index in [0.717, 1.165) is 5.75 Å². The second kappa shape index (κ2) is 11.1. The van der Waals surface area contributed by atoms with Gasteiger partial charge in [-0.3, -0.25) is 19.2 Å². The van der Waals surface area contributed by atoms with Gasteiger partial charge in [0.1, 0.15) is 18.6 Å². The fraction of sp³-hybridized carbons (Fsp3) is 0.765. The van der Waals surface area contributed by atoms with Crippen molar-refractivity contribution in [3.8, 4) is 0 Å². The van der Waals surface area contributed by atoms with E-state index in [2.05, 4.69) is 10.6 Å². The van der Waals surface area contributed by atoms with Gasteiger partial charge in [0, 0.05) is 6.54 Å². The third-order valence-corrected chi connectivity index (χ3v) is 5.10. The van der Waals surface area contributed by atoms with Crippen molar-refractivity contribution in [3.63, 3.8) is 0 Å². The van der Waals surface area contributed by atoms with Crippen LogP contribution in [-0.2, 0) is 19.2 Å². The number of hydrogen-bond acceptors (Lipinski definition) is 6. The molecular formula is C17H30N4O5S. The minimum Gasteiger partial charge on any atom is -0.480 e. The molecule has 0 bridgehead atoms. The van der Waals surface area contributed by atoms with Crippen LogP contribution in [-0.4, -0.2) is 76.9 Å². The van der Waals surface area contributed by atoms with Crippen molar-refractivity contribution < 1.29 is 24.3 Å². The standard InChI is InChI=1S/C17H30N4O5S/c1-10(2)14(20-15(24)11(18)6-8-27-3)17(26)21-7-4-5-12(21)16(25)19-9-13(22)23/h10-12,14H,4-9,18H2,1-3H3,(H,19,25)(H,20,24)(H,22,23). The summed E-state index contributed by atoms with van der Waals surface area (Å²) < 4.78 is 0. The van der Waals surface area contributed by atoms with Crippen LogP contribution in [0.2, 0.25) is 0 Å². The van der Waals surface area contributed by atoms with Crippen molar-refractivity contribution in [2.45, 2.75) is 51.2 Å². The van der Waals surface area contributed by atoms with Crippen LogP contribution >= 0.6 is 11.8 Å². The molecule has 3 unspecified atom stereocenters. The highest BCUT2D eigenvalue weighted by atomic mass is 32.2. The minimum absolute atomic E-state index is 0.183. The third kappa shape index (κ3) is 7.02. The molecule has 0 radical (unpaired) electrons. The molecule has 27 heavy (non-hydrogen) atoms. The van der Waals surface area contributed by atoms with Crippen LogP contribution in [0.15, 0.2) is 0 Å². The Bertz CT molecular complexity index is 557. The molecule has 1 fully saturated rings. The van der Waals surface area contributed by atoms with Gasteiger partial charge in [-0.1, -0.05) is 13.8 Å². The molecule has 0 saturated carbocycles. The van der Waals surface area contributed by atoms with Crippen molar-refractivity contribution in [2.24, 2.45) is 11.7 Å². The zero-order chi connectivity index (χ0) is 20.6. The molecule has 1 rings (SSSR count). The fourth-order valence-corrected chi connectivity index (χ4v) is 3.40. The summed E-state index contributed by atoms with van der Waals surface area (Å²) in [5.41, 5.74) is 5.88. The topological polar surface area (TPSA) is 142 Å². The Morgan fingerprint density at radius 3 is 2.52 bits per heavy atom. The number of nitrogens with zero attached hydrogens (tertiary/aromatic N) is 1. The molecule has 1 aliphatic heterocycles. The Hall–Kier alpha value is -1.81. The number of aliphatic carboxylic acids is 1. The van der Waals surface area contributed by atoms with E-state index >= 15 is 0 Å². The van der Waals surface area contributed by atoms with E-state index in [9.17, 15) is 19.2 Å². The average Bonchev–Trinajstić information content (AvgIpc) is 3.10. The number of nitrogens with one attached hydrogen (secondary N) is 2. The number of amides is 3. The summed E-state index contributed by atoms with van der Waals surface area (Å²) in [5.74, 6) is -1.81. The number of carboxylic acids is 1. The second-order valence-electron chi connectivity index (χ2n) is 6.92. The lowest BCUT2D eigenvalue weighted by atomic mass is 10.0. The predicted octanol–water partition coefficient (Wildman–Crippen LogP) is -0.601. The summed E-state index contributed by atoms with van der Waals surface area (Å²) in [4.78, 5) is 49.6. The lowest BCUT2D eigenvalue weighted by Gasteiger charge is -2.31. The van der Waals surface area contributed by atoms with E-state index in [1.165, 1.54) is 4.90 Å². The molecule has 0 spiro atoms. The Kier molecular flexibility index (Phi) is 9.57. The first-order valence-electron chi connectivity index (χ1n) is 9.03. The molecule has 0 aromatic rings. The first kappa shape index (κ1) is 23.2. The van der Waals surface area contributed by atoms with Crippen LogP contribution < -0.4 is 16.4 Å². The molecule has 0 aromatic carbocycles. The minimum atomic E-state index is -1.15. The summed E-state index contributed by atoms with van der Waals surface area (Å²) in [7, 11) is 0. The zero-order valence-corrected chi connectivity index (χ0v) is 16.9. The third-order valence-electron chi connectivity index (χ3n) is 4.45. The SMILES string of the molecule is CSCCC(N)C(=O)NC(C(=O)N1CCCC1C(=O)NCC(=O)O)C(C)C. The summed E-state index contributed by atoms with van der Waals surface area (Å²) in [5, 5.41) is 13.7. The van der Waals surface area contributed by atoms with E-state index in [-0.39, 0.29) is 17.7 Å². The fourth-order valence-electron chi connectivity index (χ4n) is 2.91. The highest BCUT2D eigenvalue weighted by Crippen LogP contribution is 2.20.